The van der Waals surface area contributed by atoms with Crippen LogP contribution in [0.4, 0.5) is 5.82 Å². The highest BCUT2D eigenvalue weighted by Crippen LogP contribution is 2.30. The van der Waals surface area contributed by atoms with Gasteiger partial charge in [0.15, 0.2) is 0 Å². The summed E-state index contributed by atoms with van der Waals surface area (Å²) in [7, 11) is 0. The van der Waals surface area contributed by atoms with E-state index in [1.54, 1.807) is 0 Å². The van der Waals surface area contributed by atoms with E-state index in [4.69, 9.17) is 16.7 Å². The van der Waals surface area contributed by atoms with Crippen LogP contribution in [0.3, 0.4) is 0 Å². The van der Waals surface area contributed by atoms with Crippen molar-refractivity contribution in [3.05, 3.63) is 22.8 Å². The summed E-state index contributed by atoms with van der Waals surface area (Å²) in [4.78, 5) is 17.1. The predicted octanol–water partition coefficient (Wildman–Crippen LogP) is 3.06. The molecular formula is C13H17ClN2O2. The molecule has 1 N–H and O–H groups in total. The third-order valence-electron chi connectivity index (χ3n) is 3.45. The standard InChI is InChI=1S/C13H17ClN2O2/c1-2-16(8-9-4-3-5-9)12-11(14)6-10(7-15-12)13(17)18/h6-7,9H,2-5,8H2,1H3,(H,17,18). The Labute approximate surface area is 112 Å². The number of aromatic carboxylic acids is 1. The molecule has 1 saturated carbocycles. The smallest absolute Gasteiger partial charge is 0.337 e. The minimum atomic E-state index is -1.00. The summed E-state index contributed by atoms with van der Waals surface area (Å²) in [6.45, 7) is 3.84. The SMILES string of the molecule is CCN(CC1CCC1)c1ncc(C(=O)O)cc1Cl. The third-order valence-corrected chi connectivity index (χ3v) is 3.73. The molecular weight excluding hydrogens is 252 g/mol. The number of pyridine rings is 1. The minimum absolute atomic E-state index is 0.128. The number of hydrogen-bond donors (Lipinski definition) is 1. The lowest BCUT2D eigenvalue weighted by Crippen LogP contribution is -2.33. The molecule has 0 unspecified atom stereocenters. The second kappa shape index (κ2) is 5.57. The maximum Gasteiger partial charge on any atom is 0.337 e. The zero-order valence-corrected chi connectivity index (χ0v) is 11.2. The largest absolute Gasteiger partial charge is 0.478 e. The lowest BCUT2D eigenvalue weighted by molar-refractivity contribution is 0.0696. The van der Waals surface area contributed by atoms with Crippen molar-refractivity contribution in [2.24, 2.45) is 5.92 Å². The van der Waals surface area contributed by atoms with Gasteiger partial charge in [-0.15, -0.1) is 0 Å². The van der Waals surface area contributed by atoms with Crippen LogP contribution in [0.1, 0.15) is 36.5 Å². The van der Waals surface area contributed by atoms with Gasteiger partial charge in [-0.3, -0.25) is 0 Å². The van der Waals surface area contributed by atoms with Crippen molar-refractivity contribution in [2.75, 3.05) is 18.0 Å². The molecule has 1 aliphatic carbocycles. The summed E-state index contributed by atoms with van der Waals surface area (Å²) < 4.78 is 0. The fourth-order valence-corrected chi connectivity index (χ4v) is 2.42. The first-order valence-corrected chi connectivity index (χ1v) is 6.63. The molecule has 0 saturated heterocycles. The highest BCUT2D eigenvalue weighted by Gasteiger charge is 2.22. The van der Waals surface area contributed by atoms with E-state index >= 15 is 0 Å². The fourth-order valence-electron chi connectivity index (χ4n) is 2.13. The summed E-state index contributed by atoms with van der Waals surface area (Å²) in [5, 5.41) is 9.29. The molecule has 0 bridgehead atoms. The van der Waals surface area contributed by atoms with E-state index in [0.717, 1.165) is 19.0 Å². The molecule has 0 aromatic carbocycles. The van der Waals surface area contributed by atoms with Gasteiger partial charge in [0.1, 0.15) is 5.82 Å². The maximum atomic E-state index is 10.8. The molecule has 0 spiro atoms. The molecule has 1 heterocycles. The van der Waals surface area contributed by atoms with Crippen molar-refractivity contribution in [3.63, 3.8) is 0 Å². The first-order valence-electron chi connectivity index (χ1n) is 6.25. The number of carbonyl (C=O) groups is 1. The number of carboxylic acid groups (broad SMARTS) is 1. The van der Waals surface area contributed by atoms with Gasteiger partial charge in [-0.25, -0.2) is 9.78 Å². The van der Waals surface area contributed by atoms with Crippen LogP contribution in [0.15, 0.2) is 12.3 Å². The molecule has 18 heavy (non-hydrogen) atoms. The normalized spacial score (nSPS) is 15.2. The van der Waals surface area contributed by atoms with E-state index in [0.29, 0.717) is 10.8 Å². The zero-order chi connectivity index (χ0) is 13.1. The fraction of sp³-hybridized carbons (Fsp3) is 0.538. The summed E-state index contributed by atoms with van der Waals surface area (Å²) >= 11 is 6.12. The van der Waals surface area contributed by atoms with E-state index in [2.05, 4.69) is 16.8 Å². The minimum Gasteiger partial charge on any atom is -0.478 e. The van der Waals surface area contributed by atoms with Gasteiger partial charge in [-0.1, -0.05) is 18.0 Å². The summed E-state index contributed by atoms with van der Waals surface area (Å²) in [6, 6.07) is 1.47. The van der Waals surface area contributed by atoms with Crippen LogP contribution >= 0.6 is 11.6 Å². The lowest BCUT2D eigenvalue weighted by atomic mass is 9.85. The third kappa shape index (κ3) is 2.75. The highest BCUT2D eigenvalue weighted by atomic mass is 35.5. The van der Waals surface area contributed by atoms with Crippen molar-refractivity contribution in [1.82, 2.24) is 4.98 Å². The van der Waals surface area contributed by atoms with E-state index in [1.165, 1.54) is 31.5 Å². The van der Waals surface area contributed by atoms with Gasteiger partial charge in [0.05, 0.1) is 10.6 Å². The van der Waals surface area contributed by atoms with Crippen LogP contribution in [0.2, 0.25) is 5.02 Å². The van der Waals surface area contributed by atoms with Crippen molar-refractivity contribution in [2.45, 2.75) is 26.2 Å². The number of aromatic nitrogens is 1. The van der Waals surface area contributed by atoms with E-state index < -0.39 is 5.97 Å². The second-order valence-corrected chi connectivity index (χ2v) is 5.08. The molecule has 0 amide bonds. The van der Waals surface area contributed by atoms with Gasteiger partial charge in [0, 0.05) is 19.3 Å². The van der Waals surface area contributed by atoms with Crippen LogP contribution in [0.25, 0.3) is 0 Å². The van der Waals surface area contributed by atoms with Crippen molar-refractivity contribution in [3.8, 4) is 0 Å². The molecule has 2 rings (SSSR count). The van der Waals surface area contributed by atoms with Crippen molar-refractivity contribution in [1.29, 1.82) is 0 Å². The number of carboxylic acids is 1. The summed E-state index contributed by atoms with van der Waals surface area (Å²) in [5.74, 6) is 0.413. The van der Waals surface area contributed by atoms with Gasteiger partial charge in [-0.05, 0) is 31.7 Å². The van der Waals surface area contributed by atoms with Gasteiger partial charge in [0.25, 0.3) is 0 Å². The Morgan fingerprint density at radius 1 is 1.61 bits per heavy atom. The Balaban J connectivity index is 2.16. The Hall–Kier alpha value is -1.29. The van der Waals surface area contributed by atoms with Crippen LogP contribution in [0.5, 0.6) is 0 Å². The average molecular weight is 269 g/mol. The zero-order valence-electron chi connectivity index (χ0n) is 10.4. The number of halogens is 1. The van der Waals surface area contributed by atoms with Crippen molar-refractivity contribution < 1.29 is 9.90 Å². The molecule has 0 radical (unpaired) electrons. The predicted molar refractivity (Wildman–Crippen MR) is 71.4 cm³/mol. The number of hydrogen-bond acceptors (Lipinski definition) is 3. The summed E-state index contributed by atoms with van der Waals surface area (Å²) in [5.41, 5.74) is 0.128. The number of nitrogens with zero attached hydrogens (tertiary/aromatic N) is 2. The van der Waals surface area contributed by atoms with Crippen LogP contribution in [-0.2, 0) is 0 Å². The molecule has 1 aromatic rings. The van der Waals surface area contributed by atoms with E-state index in [-0.39, 0.29) is 5.56 Å². The lowest BCUT2D eigenvalue weighted by Gasteiger charge is -2.32. The number of anilines is 1. The van der Waals surface area contributed by atoms with E-state index in [9.17, 15) is 4.79 Å². The Morgan fingerprint density at radius 3 is 2.78 bits per heavy atom. The van der Waals surface area contributed by atoms with Gasteiger partial charge in [-0.2, -0.15) is 0 Å². The average Bonchev–Trinajstić information content (AvgIpc) is 2.29. The van der Waals surface area contributed by atoms with E-state index in [1.807, 2.05) is 0 Å². The van der Waals surface area contributed by atoms with Crippen LogP contribution in [-0.4, -0.2) is 29.1 Å². The molecule has 5 heteroatoms. The van der Waals surface area contributed by atoms with Crippen molar-refractivity contribution >= 4 is 23.4 Å². The second-order valence-electron chi connectivity index (χ2n) is 4.67. The monoisotopic (exact) mass is 268 g/mol. The van der Waals surface area contributed by atoms with Gasteiger partial charge in [0.2, 0.25) is 0 Å². The number of rotatable bonds is 5. The Kier molecular flexibility index (Phi) is 4.07. The van der Waals surface area contributed by atoms with Crippen LogP contribution < -0.4 is 4.90 Å². The highest BCUT2D eigenvalue weighted by molar-refractivity contribution is 6.33. The molecule has 0 atom stereocenters. The van der Waals surface area contributed by atoms with Gasteiger partial charge < -0.3 is 10.0 Å². The molecule has 98 valence electrons. The topological polar surface area (TPSA) is 53.4 Å². The molecule has 1 aliphatic rings. The molecule has 1 fully saturated rings. The maximum absolute atomic E-state index is 10.8. The quantitative estimate of drug-likeness (QED) is 0.892. The summed E-state index contributed by atoms with van der Waals surface area (Å²) in [6.07, 6.45) is 5.21. The van der Waals surface area contributed by atoms with Crippen LogP contribution in [0, 0.1) is 5.92 Å². The Morgan fingerprint density at radius 2 is 2.33 bits per heavy atom. The van der Waals surface area contributed by atoms with Gasteiger partial charge >= 0.3 is 5.97 Å². The molecule has 4 nitrogen and oxygen atoms in total. The first kappa shape index (κ1) is 13.1. The first-order chi connectivity index (χ1) is 8.61. The molecule has 0 aliphatic heterocycles. The molecule has 1 aromatic heterocycles. The Bertz CT molecular complexity index is 447.